The molecule has 1 aromatic rings. The molecule has 118 valence electrons. The summed E-state index contributed by atoms with van der Waals surface area (Å²) in [5.41, 5.74) is -0.906. The van der Waals surface area contributed by atoms with E-state index >= 15 is 0 Å². The number of hydrogen-bond donors (Lipinski definition) is 2. The lowest BCUT2D eigenvalue weighted by molar-refractivity contribution is -0.137. The van der Waals surface area contributed by atoms with Crippen LogP contribution in [0.3, 0.4) is 0 Å². The lowest BCUT2D eigenvalue weighted by Gasteiger charge is -2.15. The molecule has 0 aromatic heterocycles. The minimum absolute atomic E-state index is 0.107. The van der Waals surface area contributed by atoms with Gasteiger partial charge in [0.2, 0.25) is 5.91 Å². The first kappa shape index (κ1) is 17.8. The molecule has 0 aliphatic carbocycles. The summed E-state index contributed by atoms with van der Waals surface area (Å²) >= 11 is 3.01. The molecule has 0 aliphatic rings. The molecule has 0 fully saturated rings. The van der Waals surface area contributed by atoms with Gasteiger partial charge in [0.15, 0.2) is 0 Å². The van der Waals surface area contributed by atoms with E-state index in [0.29, 0.717) is 16.9 Å². The number of anilines is 1. The number of carbonyl (C=O) groups excluding carboxylic acids is 1. The average Bonchev–Trinajstić information content (AvgIpc) is 2.35. The third kappa shape index (κ3) is 6.37. The van der Waals surface area contributed by atoms with Gasteiger partial charge in [-0.15, -0.1) is 0 Å². The van der Waals surface area contributed by atoms with E-state index in [9.17, 15) is 18.0 Å². The number of rotatable bonds is 6. The van der Waals surface area contributed by atoms with Gasteiger partial charge in [0, 0.05) is 16.7 Å². The van der Waals surface area contributed by atoms with Gasteiger partial charge in [-0.05, 0) is 30.5 Å². The Morgan fingerprint density at radius 1 is 1.33 bits per heavy atom. The normalized spacial score (nSPS) is 11.6. The smallest absolute Gasteiger partial charge is 0.376 e. The van der Waals surface area contributed by atoms with Gasteiger partial charge in [0.25, 0.3) is 0 Å². The monoisotopic (exact) mass is 366 g/mol. The third-order valence-corrected chi connectivity index (χ3v) is 3.26. The second kappa shape index (κ2) is 7.68. The van der Waals surface area contributed by atoms with Crippen molar-refractivity contribution in [1.82, 2.24) is 5.32 Å². The summed E-state index contributed by atoms with van der Waals surface area (Å²) in [4.78, 5) is 11.6. The maximum atomic E-state index is 12.9. The summed E-state index contributed by atoms with van der Waals surface area (Å²) < 4.78 is 39.0. The molecule has 0 saturated heterocycles. The maximum absolute atomic E-state index is 12.9. The number of alkyl halides is 3. The molecule has 0 saturated carbocycles. The molecule has 0 radical (unpaired) electrons. The fraction of sp³-hybridized carbons (Fsp3) is 0.500. The van der Waals surface area contributed by atoms with Gasteiger partial charge in [-0.2, -0.15) is 13.2 Å². The summed E-state index contributed by atoms with van der Waals surface area (Å²) in [6.45, 7) is 4.39. The highest BCUT2D eigenvalue weighted by molar-refractivity contribution is 9.10. The van der Waals surface area contributed by atoms with E-state index < -0.39 is 11.7 Å². The fourth-order valence-corrected chi connectivity index (χ4v) is 2.00. The highest BCUT2D eigenvalue weighted by Gasteiger charge is 2.33. The van der Waals surface area contributed by atoms with Crippen LogP contribution in [0, 0.1) is 5.92 Å². The number of benzene rings is 1. The zero-order valence-electron chi connectivity index (χ0n) is 11.9. The highest BCUT2D eigenvalue weighted by Crippen LogP contribution is 2.36. The number of nitrogens with one attached hydrogen (secondary N) is 2. The van der Waals surface area contributed by atoms with Gasteiger partial charge in [0.05, 0.1) is 12.1 Å². The Bertz CT molecular complexity index is 490. The van der Waals surface area contributed by atoms with Crippen molar-refractivity contribution in [2.45, 2.75) is 26.4 Å². The lowest BCUT2D eigenvalue weighted by atomic mass is 10.1. The van der Waals surface area contributed by atoms with Crippen molar-refractivity contribution < 1.29 is 18.0 Å². The SMILES string of the molecule is CC(C)CCNC(=O)CNc1ccc(Br)cc1C(F)(F)F. The van der Waals surface area contributed by atoms with E-state index in [1.807, 2.05) is 13.8 Å². The summed E-state index contributed by atoms with van der Waals surface area (Å²) in [6, 6.07) is 3.78. The molecular formula is C14H18BrF3N2O. The fourth-order valence-electron chi connectivity index (χ4n) is 1.64. The molecule has 0 unspecified atom stereocenters. The number of amides is 1. The highest BCUT2D eigenvalue weighted by atomic mass is 79.9. The Morgan fingerprint density at radius 3 is 2.57 bits per heavy atom. The van der Waals surface area contributed by atoms with E-state index in [0.717, 1.165) is 12.5 Å². The maximum Gasteiger partial charge on any atom is 0.418 e. The summed E-state index contributed by atoms with van der Waals surface area (Å²) in [5, 5.41) is 5.19. The van der Waals surface area contributed by atoms with Crippen LogP contribution < -0.4 is 10.6 Å². The second-order valence-corrected chi connectivity index (χ2v) is 5.99. The van der Waals surface area contributed by atoms with E-state index in [1.165, 1.54) is 12.1 Å². The summed E-state index contributed by atoms with van der Waals surface area (Å²) in [7, 11) is 0. The van der Waals surface area contributed by atoms with Crippen LogP contribution in [-0.4, -0.2) is 19.0 Å². The van der Waals surface area contributed by atoms with Crippen molar-refractivity contribution in [1.29, 1.82) is 0 Å². The molecule has 2 N–H and O–H groups in total. The molecule has 0 aliphatic heterocycles. The minimum Gasteiger partial charge on any atom is -0.376 e. The molecule has 1 aromatic carbocycles. The standard InChI is InChI=1S/C14H18BrF3N2O/c1-9(2)5-6-19-13(21)8-20-12-4-3-10(15)7-11(12)14(16,17)18/h3-4,7,9,20H,5-6,8H2,1-2H3,(H,19,21). The zero-order chi connectivity index (χ0) is 16.0. The van der Waals surface area contributed by atoms with Crippen LogP contribution in [0.25, 0.3) is 0 Å². The molecule has 21 heavy (non-hydrogen) atoms. The molecule has 1 amide bonds. The predicted octanol–water partition coefficient (Wildman–Crippen LogP) is 4.04. The number of hydrogen-bond acceptors (Lipinski definition) is 2. The second-order valence-electron chi connectivity index (χ2n) is 5.07. The van der Waals surface area contributed by atoms with Gasteiger partial charge in [0.1, 0.15) is 0 Å². The molecular weight excluding hydrogens is 349 g/mol. The first-order valence-electron chi connectivity index (χ1n) is 6.57. The first-order valence-corrected chi connectivity index (χ1v) is 7.36. The Labute approximate surface area is 130 Å². The van der Waals surface area contributed by atoms with Crippen LogP contribution in [0.2, 0.25) is 0 Å². The van der Waals surface area contributed by atoms with Crippen molar-refractivity contribution in [3.63, 3.8) is 0 Å². The topological polar surface area (TPSA) is 41.1 Å². The summed E-state index contributed by atoms with van der Waals surface area (Å²) in [5.74, 6) is 0.133. The van der Waals surface area contributed by atoms with Crippen molar-refractivity contribution >= 4 is 27.5 Å². The number of carbonyl (C=O) groups is 1. The van der Waals surface area contributed by atoms with Gasteiger partial charge < -0.3 is 10.6 Å². The first-order chi connectivity index (χ1) is 9.70. The van der Waals surface area contributed by atoms with Crippen LogP contribution in [0.5, 0.6) is 0 Å². The Kier molecular flexibility index (Phi) is 6.51. The Hall–Kier alpha value is -1.24. The molecule has 0 atom stereocenters. The molecule has 7 heteroatoms. The number of halogens is 4. The molecule has 0 heterocycles. The quantitative estimate of drug-likeness (QED) is 0.797. The largest absolute Gasteiger partial charge is 0.418 e. The Balaban J connectivity index is 2.61. The van der Waals surface area contributed by atoms with Gasteiger partial charge in [-0.1, -0.05) is 29.8 Å². The molecule has 1 rings (SSSR count). The molecule has 0 bridgehead atoms. The lowest BCUT2D eigenvalue weighted by Crippen LogP contribution is -2.31. The zero-order valence-corrected chi connectivity index (χ0v) is 13.4. The van der Waals surface area contributed by atoms with Crippen molar-refractivity contribution in [2.75, 3.05) is 18.4 Å². The van der Waals surface area contributed by atoms with E-state index in [1.54, 1.807) is 0 Å². The van der Waals surface area contributed by atoms with Crippen LogP contribution in [0.15, 0.2) is 22.7 Å². The average molecular weight is 367 g/mol. The summed E-state index contributed by atoms with van der Waals surface area (Å²) in [6.07, 6.45) is -3.64. The van der Waals surface area contributed by atoms with Crippen LogP contribution >= 0.6 is 15.9 Å². The van der Waals surface area contributed by atoms with Gasteiger partial charge in [-0.25, -0.2) is 0 Å². The minimum atomic E-state index is -4.47. The van der Waals surface area contributed by atoms with Crippen LogP contribution in [0.1, 0.15) is 25.8 Å². The predicted molar refractivity (Wildman–Crippen MR) is 80.1 cm³/mol. The van der Waals surface area contributed by atoms with Gasteiger partial charge >= 0.3 is 6.18 Å². The van der Waals surface area contributed by atoms with Crippen molar-refractivity contribution in [2.24, 2.45) is 5.92 Å². The Morgan fingerprint density at radius 2 is 2.00 bits per heavy atom. The van der Waals surface area contributed by atoms with E-state index in [4.69, 9.17) is 0 Å². The molecule has 3 nitrogen and oxygen atoms in total. The van der Waals surface area contributed by atoms with Gasteiger partial charge in [-0.3, -0.25) is 4.79 Å². The van der Waals surface area contributed by atoms with E-state index in [-0.39, 0.29) is 18.1 Å². The van der Waals surface area contributed by atoms with Crippen LogP contribution in [0.4, 0.5) is 18.9 Å². The van der Waals surface area contributed by atoms with E-state index in [2.05, 4.69) is 26.6 Å². The molecule has 0 spiro atoms. The van der Waals surface area contributed by atoms with Crippen molar-refractivity contribution in [3.05, 3.63) is 28.2 Å². The van der Waals surface area contributed by atoms with Crippen molar-refractivity contribution in [3.8, 4) is 0 Å². The van der Waals surface area contributed by atoms with Crippen LogP contribution in [-0.2, 0) is 11.0 Å². The third-order valence-electron chi connectivity index (χ3n) is 2.77.